The summed E-state index contributed by atoms with van der Waals surface area (Å²) in [6.07, 6.45) is 0. The molecular formula is C2H8N2O4S2. The van der Waals surface area contributed by atoms with Crippen LogP contribution in [0.25, 0.3) is 0 Å². The lowest BCUT2D eigenvalue weighted by Gasteiger charge is -2.16. The van der Waals surface area contributed by atoms with Gasteiger partial charge in [0.1, 0.15) is 0 Å². The van der Waals surface area contributed by atoms with E-state index in [4.69, 9.17) is 20.6 Å². The van der Waals surface area contributed by atoms with Gasteiger partial charge in [-0.15, -0.1) is 0 Å². The Morgan fingerprint density at radius 1 is 1.30 bits per heavy atom. The Kier molecular flexibility index (Phi) is 3.56. The van der Waals surface area contributed by atoms with Gasteiger partial charge in [-0.05, 0) is 0 Å². The van der Waals surface area contributed by atoms with Gasteiger partial charge in [0.25, 0.3) is 0 Å². The fourth-order valence-electron chi connectivity index (χ4n) is 0.243. The Morgan fingerprint density at radius 2 is 1.70 bits per heavy atom. The molecule has 0 aliphatic rings. The summed E-state index contributed by atoms with van der Waals surface area (Å²) in [5.74, 6) is -0.629. The van der Waals surface area contributed by atoms with Crippen LogP contribution in [0.15, 0.2) is 0 Å². The molecule has 0 aliphatic heterocycles. The zero-order valence-electron chi connectivity index (χ0n) is 4.89. The van der Waals surface area contributed by atoms with Gasteiger partial charge in [0.2, 0.25) is 0 Å². The van der Waals surface area contributed by atoms with E-state index in [9.17, 15) is 8.42 Å². The SMILES string of the molecule is NC(N)(CS(=O)O)S(=O)O. The number of hydrogen-bond donors (Lipinski definition) is 4. The Balaban J connectivity index is 4.13. The van der Waals surface area contributed by atoms with E-state index < -0.39 is 32.9 Å². The van der Waals surface area contributed by atoms with Gasteiger partial charge in [0, 0.05) is 0 Å². The molecule has 2 atom stereocenters. The molecule has 0 aromatic carbocycles. The summed E-state index contributed by atoms with van der Waals surface area (Å²) in [5.41, 5.74) is 9.87. The number of nitrogens with two attached hydrogens (primary N) is 2. The Morgan fingerprint density at radius 3 is 1.80 bits per heavy atom. The van der Waals surface area contributed by atoms with Crippen LogP contribution >= 0.6 is 0 Å². The Bertz CT molecular complexity index is 169. The highest BCUT2D eigenvalue weighted by molar-refractivity contribution is 7.84. The van der Waals surface area contributed by atoms with Gasteiger partial charge in [0.15, 0.2) is 27.2 Å². The molecule has 6 N–H and O–H groups in total. The van der Waals surface area contributed by atoms with E-state index in [1.165, 1.54) is 0 Å². The molecule has 0 aromatic heterocycles. The molecule has 0 fully saturated rings. The van der Waals surface area contributed by atoms with Crippen LogP contribution in [0.1, 0.15) is 0 Å². The monoisotopic (exact) mass is 188 g/mol. The van der Waals surface area contributed by atoms with E-state index in [2.05, 4.69) is 0 Å². The first-order valence-electron chi connectivity index (χ1n) is 2.12. The first kappa shape index (κ1) is 10.1. The minimum absolute atomic E-state index is 0.629. The molecule has 0 rings (SSSR count). The van der Waals surface area contributed by atoms with Crippen LogP contribution in [0.3, 0.4) is 0 Å². The molecule has 0 spiro atoms. The van der Waals surface area contributed by atoms with Gasteiger partial charge < -0.3 is 9.11 Å². The van der Waals surface area contributed by atoms with Crippen molar-refractivity contribution in [2.45, 2.75) is 4.99 Å². The van der Waals surface area contributed by atoms with Gasteiger partial charge >= 0.3 is 0 Å². The molecule has 0 aromatic rings. The average Bonchev–Trinajstić information content (AvgIpc) is 1.60. The van der Waals surface area contributed by atoms with Gasteiger partial charge in [-0.2, -0.15) is 0 Å². The Hall–Kier alpha value is 0.140. The van der Waals surface area contributed by atoms with E-state index in [0.717, 1.165) is 0 Å². The highest BCUT2D eigenvalue weighted by Crippen LogP contribution is 1.96. The second kappa shape index (κ2) is 3.51. The lowest BCUT2D eigenvalue weighted by molar-refractivity contribution is 0.502. The molecule has 0 saturated heterocycles. The van der Waals surface area contributed by atoms with Crippen molar-refractivity contribution in [3.05, 3.63) is 0 Å². The van der Waals surface area contributed by atoms with Crippen LogP contribution in [-0.4, -0.2) is 28.3 Å². The van der Waals surface area contributed by atoms with Gasteiger partial charge in [-0.1, -0.05) is 0 Å². The van der Waals surface area contributed by atoms with Crippen LogP contribution in [0.4, 0.5) is 0 Å². The van der Waals surface area contributed by atoms with Crippen molar-refractivity contribution in [3.63, 3.8) is 0 Å². The third-order valence-electron chi connectivity index (χ3n) is 0.674. The standard InChI is InChI=1S/C2H8N2O4S2/c3-2(4,10(7)8)1-9(5)6/h1,3-4H2,(H,5,6)(H,7,8). The number of hydrogen-bond acceptors (Lipinski definition) is 4. The molecule has 10 heavy (non-hydrogen) atoms. The molecule has 0 bridgehead atoms. The molecule has 0 radical (unpaired) electrons. The zero-order valence-corrected chi connectivity index (χ0v) is 6.52. The maximum absolute atomic E-state index is 10.2. The zero-order chi connectivity index (χ0) is 8.36. The van der Waals surface area contributed by atoms with Crippen LogP contribution in [0.2, 0.25) is 0 Å². The first-order chi connectivity index (χ1) is 4.36. The smallest absolute Gasteiger partial charge is 0.189 e. The lowest BCUT2D eigenvalue weighted by Crippen LogP contribution is -2.57. The summed E-state index contributed by atoms with van der Waals surface area (Å²) in [7, 11) is 0. The predicted octanol–water partition coefficient (Wildman–Crippen LogP) is -2.00. The van der Waals surface area contributed by atoms with Crippen molar-refractivity contribution in [1.82, 2.24) is 0 Å². The quantitative estimate of drug-likeness (QED) is 0.300. The normalized spacial score (nSPS) is 18.4. The number of rotatable bonds is 3. The van der Waals surface area contributed by atoms with Crippen molar-refractivity contribution in [3.8, 4) is 0 Å². The Labute approximate surface area is 62.5 Å². The summed E-state index contributed by atoms with van der Waals surface area (Å²) in [6.45, 7) is 0. The molecule has 8 heteroatoms. The lowest BCUT2D eigenvalue weighted by atomic mass is 10.6. The summed E-state index contributed by atoms with van der Waals surface area (Å²) < 4.78 is 36.7. The van der Waals surface area contributed by atoms with Crippen molar-refractivity contribution >= 4 is 22.2 Å². The average molecular weight is 188 g/mol. The van der Waals surface area contributed by atoms with Crippen LogP contribution in [-0.2, 0) is 22.2 Å². The van der Waals surface area contributed by atoms with E-state index in [1.54, 1.807) is 0 Å². The highest BCUT2D eigenvalue weighted by atomic mass is 32.2. The van der Waals surface area contributed by atoms with Gasteiger partial charge in [0.05, 0.1) is 5.75 Å². The fraction of sp³-hybridized carbons (Fsp3) is 1.00. The molecule has 2 unspecified atom stereocenters. The van der Waals surface area contributed by atoms with Crippen molar-refractivity contribution in [1.29, 1.82) is 0 Å². The third kappa shape index (κ3) is 3.34. The molecule has 6 nitrogen and oxygen atoms in total. The van der Waals surface area contributed by atoms with Crippen molar-refractivity contribution < 1.29 is 17.5 Å². The predicted molar refractivity (Wildman–Crippen MR) is 37.5 cm³/mol. The van der Waals surface area contributed by atoms with Crippen LogP contribution in [0, 0.1) is 0 Å². The minimum atomic E-state index is -2.49. The van der Waals surface area contributed by atoms with E-state index in [1.807, 2.05) is 0 Å². The van der Waals surface area contributed by atoms with E-state index in [-0.39, 0.29) is 0 Å². The van der Waals surface area contributed by atoms with Crippen molar-refractivity contribution in [2.75, 3.05) is 5.75 Å². The van der Waals surface area contributed by atoms with E-state index >= 15 is 0 Å². The minimum Gasteiger partial charge on any atom is -0.306 e. The topological polar surface area (TPSA) is 127 Å². The highest BCUT2D eigenvalue weighted by Gasteiger charge is 2.28. The third-order valence-corrected chi connectivity index (χ3v) is 2.38. The molecular weight excluding hydrogens is 180 g/mol. The molecule has 0 aliphatic carbocycles. The second-order valence-corrected chi connectivity index (χ2v) is 3.86. The maximum Gasteiger partial charge on any atom is 0.189 e. The summed E-state index contributed by atoms with van der Waals surface area (Å²) in [5, 5.41) is 0. The summed E-state index contributed by atoms with van der Waals surface area (Å²) >= 11 is -4.75. The molecule has 62 valence electrons. The van der Waals surface area contributed by atoms with Gasteiger partial charge in [-0.25, -0.2) is 8.42 Å². The van der Waals surface area contributed by atoms with Crippen LogP contribution < -0.4 is 11.5 Å². The fourth-order valence-corrected chi connectivity index (χ4v) is 1.34. The molecule has 0 amide bonds. The van der Waals surface area contributed by atoms with Gasteiger partial charge in [-0.3, -0.25) is 11.5 Å². The molecule has 0 heterocycles. The summed E-state index contributed by atoms with van der Waals surface area (Å²) in [6, 6.07) is 0. The summed E-state index contributed by atoms with van der Waals surface area (Å²) in [4.78, 5) is -2.00. The molecule has 0 saturated carbocycles. The maximum atomic E-state index is 10.2. The second-order valence-electron chi connectivity index (χ2n) is 1.67. The van der Waals surface area contributed by atoms with Crippen molar-refractivity contribution in [2.24, 2.45) is 11.5 Å². The van der Waals surface area contributed by atoms with Crippen LogP contribution in [0.5, 0.6) is 0 Å². The first-order valence-corrected chi connectivity index (χ1v) is 4.50. The largest absolute Gasteiger partial charge is 0.306 e. The van der Waals surface area contributed by atoms with E-state index in [0.29, 0.717) is 0 Å².